The number of nitrogens with one attached hydrogen (secondary N) is 2. The zero-order valence-electron chi connectivity index (χ0n) is 13.8. The van der Waals surface area contributed by atoms with Gasteiger partial charge in [0.2, 0.25) is 0 Å². The van der Waals surface area contributed by atoms with Crippen LogP contribution in [0.2, 0.25) is 0 Å². The molecule has 1 fully saturated rings. The van der Waals surface area contributed by atoms with E-state index in [9.17, 15) is 18.0 Å². The molecule has 2 aliphatic rings. The molecular formula is C16H23ClF3N3OS. The fourth-order valence-corrected chi connectivity index (χ4v) is 4.54. The maximum Gasteiger partial charge on any atom is 0.405 e. The number of amides is 1. The second-order valence-corrected chi connectivity index (χ2v) is 7.28. The van der Waals surface area contributed by atoms with Gasteiger partial charge >= 0.3 is 6.18 Å². The number of alkyl halides is 3. The van der Waals surface area contributed by atoms with Crippen LogP contribution in [0.25, 0.3) is 0 Å². The summed E-state index contributed by atoms with van der Waals surface area (Å²) in [5.41, 5.74) is 1.60. The Balaban J connectivity index is 0.00000225. The maximum atomic E-state index is 13.4. The smallest absolute Gasteiger partial charge is 0.350 e. The Morgan fingerprint density at radius 2 is 1.96 bits per heavy atom. The second kappa shape index (κ2) is 8.70. The number of hydrogen-bond donors (Lipinski definition) is 2. The number of carbonyl (C=O) groups excluding carboxylic acids is 1. The van der Waals surface area contributed by atoms with Gasteiger partial charge in [0.1, 0.15) is 6.04 Å². The van der Waals surface area contributed by atoms with E-state index in [4.69, 9.17) is 0 Å². The SMILES string of the molecule is Cl.O=C(NCC(N1CCNCC1)C(F)(F)F)c1csc2c1CCCC2. The van der Waals surface area contributed by atoms with Gasteiger partial charge in [0, 0.05) is 43.0 Å². The van der Waals surface area contributed by atoms with E-state index < -0.39 is 18.8 Å². The zero-order chi connectivity index (χ0) is 17.2. The molecule has 2 N–H and O–H groups in total. The van der Waals surface area contributed by atoms with Crippen LogP contribution in [-0.2, 0) is 12.8 Å². The van der Waals surface area contributed by atoms with Crippen molar-refractivity contribution in [1.29, 1.82) is 0 Å². The standard InChI is InChI=1S/C16H22F3N3OS.ClH/c17-16(18,19)14(22-7-5-20-6-8-22)9-21-15(23)12-10-24-13-4-2-1-3-11(12)13;/h10,14,20H,1-9H2,(H,21,23);1H. The van der Waals surface area contributed by atoms with Crippen molar-refractivity contribution in [3.63, 3.8) is 0 Å². The van der Waals surface area contributed by atoms with Crippen molar-refractivity contribution >= 4 is 29.7 Å². The lowest BCUT2D eigenvalue weighted by atomic mass is 9.95. The van der Waals surface area contributed by atoms with Gasteiger partial charge in [0.15, 0.2) is 0 Å². The first-order valence-corrected chi connectivity index (χ1v) is 9.23. The van der Waals surface area contributed by atoms with Crippen LogP contribution in [0.3, 0.4) is 0 Å². The van der Waals surface area contributed by atoms with Crippen LogP contribution >= 0.6 is 23.7 Å². The molecule has 1 unspecified atom stereocenters. The molecule has 3 rings (SSSR count). The Hall–Kier alpha value is -0.830. The minimum atomic E-state index is -4.35. The Morgan fingerprint density at radius 3 is 2.64 bits per heavy atom. The predicted molar refractivity (Wildman–Crippen MR) is 94.8 cm³/mol. The molecule has 1 aliphatic heterocycles. The topological polar surface area (TPSA) is 44.4 Å². The molecule has 25 heavy (non-hydrogen) atoms. The van der Waals surface area contributed by atoms with E-state index >= 15 is 0 Å². The van der Waals surface area contributed by atoms with Gasteiger partial charge in [-0.2, -0.15) is 13.2 Å². The van der Waals surface area contributed by atoms with E-state index in [2.05, 4.69) is 10.6 Å². The minimum Gasteiger partial charge on any atom is -0.350 e. The van der Waals surface area contributed by atoms with Crippen molar-refractivity contribution in [2.45, 2.75) is 37.9 Å². The Morgan fingerprint density at radius 1 is 1.28 bits per heavy atom. The van der Waals surface area contributed by atoms with Crippen molar-refractivity contribution < 1.29 is 18.0 Å². The summed E-state index contributed by atoms with van der Waals surface area (Å²) in [4.78, 5) is 15.0. The van der Waals surface area contributed by atoms with Crippen LogP contribution < -0.4 is 10.6 Å². The van der Waals surface area contributed by atoms with E-state index in [1.807, 2.05) is 0 Å². The monoisotopic (exact) mass is 397 g/mol. The number of aryl methyl sites for hydroxylation is 1. The average molecular weight is 398 g/mol. The summed E-state index contributed by atoms with van der Waals surface area (Å²) in [6.45, 7) is 1.37. The van der Waals surface area contributed by atoms with E-state index in [-0.39, 0.29) is 18.3 Å². The molecule has 0 saturated carbocycles. The van der Waals surface area contributed by atoms with Gasteiger partial charge in [-0.1, -0.05) is 0 Å². The number of nitrogens with zero attached hydrogens (tertiary/aromatic N) is 1. The summed E-state index contributed by atoms with van der Waals surface area (Å²) in [5, 5.41) is 7.36. The van der Waals surface area contributed by atoms with Gasteiger partial charge in [-0.15, -0.1) is 23.7 Å². The number of fused-ring (bicyclic) bond motifs is 1. The number of hydrogen-bond acceptors (Lipinski definition) is 4. The zero-order valence-corrected chi connectivity index (χ0v) is 15.5. The summed E-state index contributed by atoms with van der Waals surface area (Å²) >= 11 is 1.55. The first-order chi connectivity index (χ1) is 11.5. The number of rotatable bonds is 4. The molecular weight excluding hydrogens is 375 g/mol. The van der Waals surface area contributed by atoms with Crippen molar-refractivity contribution in [3.05, 3.63) is 21.4 Å². The molecule has 1 amide bonds. The second-order valence-electron chi connectivity index (χ2n) is 6.31. The Bertz CT molecular complexity index is 588. The lowest BCUT2D eigenvalue weighted by molar-refractivity contribution is -0.183. The average Bonchev–Trinajstić information content (AvgIpc) is 2.99. The number of thiophene rings is 1. The van der Waals surface area contributed by atoms with Gasteiger partial charge in [0.05, 0.1) is 5.56 Å². The molecule has 2 heterocycles. The molecule has 1 aliphatic carbocycles. The Labute approximate surface area is 155 Å². The van der Waals surface area contributed by atoms with Gasteiger partial charge in [-0.3, -0.25) is 9.69 Å². The molecule has 1 saturated heterocycles. The molecule has 1 aromatic rings. The summed E-state index contributed by atoms with van der Waals surface area (Å²) in [7, 11) is 0. The molecule has 1 aromatic heterocycles. The molecule has 0 radical (unpaired) electrons. The van der Waals surface area contributed by atoms with E-state index in [1.165, 1.54) is 9.78 Å². The third kappa shape index (κ3) is 4.87. The lowest BCUT2D eigenvalue weighted by Gasteiger charge is -2.35. The van der Waals surface area contributed by atoms with E-state index in [0.29, 0.717) is 31.7 Å². The van der Waals surface area contributed by atoms with Crippen molar-refractivity contribution in [1.82, 2.24) is 15.5 Å². The summed E-state index contributed by atoms with van der Waals surface area (Å²) in [5.74, 6) is -0.376. The lowest BCUT2D eigenvalue weighted by Crippen LogP contribution is -2.57. The normalized spacial score (nSPS) is 19.6. The van der Waals surface area contributed by atoms with Crippen molar-refractivity contribution in [2.24, 2.45) is 0 Å². The summed E-state index contributed by atoms with van der Waals surface area (Å²) in [6, 6.07) is -1.63. The Kier molecular flexibility index (Phi) is 7.13. The highest BCUT2D eigenvalue weighted by molar-refractivity contribution is 7.10. The van der Waals surface area contributed by atoms with E-state index in [1.54, 1.807) is 16.7 Å². The molecule has 4 nitrogen and oxygen atoms in total. The van der Waals surface area contributed by atoms with Crippen LogP contribution in [0, 0.1) is 0 Å². The molecule has 142 valence electrons. The van der Waals surface area contributed by atoms with Gasteiger partial charge in [0.25, 0.3) is 5.91 Å². The third-order valence-corrected chi connectivity index (χ3v) is 5.82. The van der Waals surface area contributed by atoms with Crippen LogP contribution in [0.5, 0.6) is 0 Å². The number of carbonyl (C=O) groups is 1. The van der Waals surface area contributed by atoms with Crippen molar-refractivity contribution in [2.75, 3.05) is 32.7 Å². The quantitative estimate of drug-likeness (QED) is 0.820. The van der Waals surface area contributed by atoms with Crippen LogP contribution in [0.4, 0.5) is 13.2 Å². The van der Waals surface area contributed by atoms with Gasteiger partial charge in [-0.25, -0.2) is 0 Å². The minimum absolute atomic E-state index is 0. The molecule has 0 aromatic carbocycles. The van der Waals surface area contributed by atoms with Gasteiger partial charge < -0.3 is 10.6 Å². The largest absolute Gasteiger partial charge is 0.405 e. The highest BCUT2D eigenvalue weighted by Gasteiger charge is 2.43. The molecule has 0 spiro atoms. The molecule has 9 heteroatoms. The highest BCUT2D eigenvalue weighted by Crippen LogP contribution is 2.30. The van der Waals surface area contributed by atoms with Crippen LogP contribution in [0.1, 0.15) is 33.6 Å². The predicted octanol–water partition coefficient (Wildman–Crippen LogP) is 2.61. The number of halogens is 4. The number of piperazine rings is 1. The third-order valence-electron chi connectivity index (χ3n) is 4.73. The van der Waals surface area contributed by atoms with Gasteiger partial charge in [-0.05, 0) is 31.2 Å². The van der Waals surface area contributed by atoms with E-state index in [0.717, 1.165) is 31.2 Å². The fourth-order valence-electron chi connectivity index (χ4n) is 3.41. The maximum absolute atomic E-state index is 13.4. The van der Waals surface area contributed by atoms with Crippen LogP contribution in [0.15, 0.2) is 5.38 Å². The fraction of sp³-hybridized carbons (Fsp3) is 0.688. The van der Waals surface area contributed by atoms with Crippen molar-refractivity contribution in [3.8, 4) is 0 Å². The highest BCUT2D eigenvalue weighted by atomic mass is 35.5. The summed E-state index contributed by atoms with van der Waals surface area (Å²) < 4.78 is 40.1. The molecule has 0 bridgehead atoms. The first kappa shape index (κ1) is 20.5. The first-order valence-electron chi connectivity index (χ1n) is 8.35. The molecule has 1 atom stereocenters. The summed E-state index contributed by atoms with van der Waals surface area (Å²) in [6.07, 6.45) is -0.371. The van der Waals surface area contributed by atoms with Crippen LogP contribution in [-0.4, -0.2) is 55.7 Å².